The summed E-state index contributed by atoms with van der Waals surface area (Å²) in [6.45, 7) is 0. The van der Waals surface area contributed by atoms with Crippen LogP contribution in [0, 0.1) is 0 Å². The number of carbonyl (C=O) groups excluding carboxylic acids is 1. The van der Waals surface area contributed by atoms with Gasteiger partial charge in [0.25, 0.3) is 5.91 Å². The van der Waals surface area contributed by atoms with E-state index in [1.165, 1.54) is 25.5 Å². The van der Waals surface area contributed by atoms with Crippen molar-refractivity contribution in [2.45, 2.75) is 0 Å². The monoisotopic (exact) mass is 304 g/mol. The van der Waals surface area contributed by atoms with E-state index in [1.54, 1.807) is 30.3 Å². The second-order valence-corrected chi connectivity index (χ2v) is 4.51. The average Bonchev–Trinajstić information content (AvgIpc) is 2.49. The molecular formula is C15H13ClN2O3. The maximum atomic E-state index is 11.9. The first-order chi connectivity index (χ1) is 10.1. The molecule has 2 rings (SSSR count). The maximum absolute atomic E-state index is 11.9. The standard InChI is InChI=1S/C15H13ClN2O3/c1-21-14-8-11(19)7-6-10(14)9-17-18-15(20)12-4-2-3-5-13(12)16/h2-9,19H,1H3,(H,18,20)/b17-9-. The Morgan fingerprint density at radius 3 is 2.81 bits per heavy atom. The van der Waals surface area contributed by atoms with Crippen LogP contribution < -0.4 is 10.2 Å². The highest BCUT2D eigenvalue weighted by atomic mass is 35.5. The smallest absolute Gasteiger partial charge is 0.272 e. The number of halogens is 1. The Morgan fingerprint density at radius 1 is 1.33 bits per heavy atom. The normalized spacial score (nSPS) is 10.6. The molecule has 6 heteroatoms. The molecule has 0 saturated heterocycles. The van der Waals surface area contributed by atoms with Crippen molar-refractivity contribution >= 4 is 23.7 Å². The van der Waals surface area contributed by atoms with E-state index in [-0.39, 0.29) is 5.75 Å². The van der Waals surface area contributed by atoms with E-state index in [0.29, 0.717) is 21.9 Å². The van der Waals surface area contributed by atoms with Gasteiger partial charge in [0.05, 0.1) is 23.9 Å². The van der Waals surface area contributed by atoms with Crippen molar-refractivity contribution < 1.29 is 14.6 Å². The predicted octanol–water partition coefficient (Wildman–Crippen LogP) is 2.82. The number of carbonyl (C=O) groups is 1. The highest BCUT2D eigenvalue weighted by molar-refractivity contribution is 6.33. The largest absolute Gasteiger partial charge is 0.508 e. The fourth-order valence-corrected chi connectivity index (χ4v) is 1.89. The summed E-state index contributed by atoms with van der Waals surface area (Å²) < 4.78 is 5.10. The van der Waals surface area contributed by atoms with Crippen molar-refractivity contribution in [1.29, 1.82) is 0 Å². The number of nitrogens with zero attached hydrogens (tertiary/aromatic N) is 1. The van der Waals surface area contributed by atoms with E-state index in [2.05, 4.69) is 10.5 Å². The third-order valence-electron chi connectivity index (χ3n) is 2.71. The molecule has 0 heterocycles. The van der Waals surface area contributed by atoms with Gasteiger partial charge >= 0.3 is 0 Å². The minimum atomic E-state index is -0.408. The molecule has 2 aromatic carbocycles. The predicted molar refractivity (Wildman–Crippen MR) is 81.2 cm³/mol. The van der Waals surface area contributed by atoms with E-state index in [0.717, 1.165) is 0 Å². The second kappa shape index (κ2) is 6.76. The highest BCUT2D eigenvalue weighted by Crippen LogP contribution is 2.22. The highest BCUT2D eigenvalue weighted by Gasteiger charge is 2.08. The number of amides is 1. The Labute approximate surface area is 126 Å². The number of rotatable bonds is 4. The summed E-state index contributed by atoms with van der Waals surface area (Å²) in [5.41, 5.74) is 3.34. The molecule has 2 N–H and O–H groups in total. The first-order valence-electron chi connectivity index (χ1n) is 6.06. The number of nitrogens with one attached hydrogen (secondary N) is 1. The molecule has 0 radical (unpaired) electrons. The number of ether oxygens (including phenoxy) is 1. The Bertz CT molecular complexity index is 686. The molecule has 0 aliphatic carbocycles. The summed E-state index contributed by atoms with van der Waals surface area (Å²) in [6, 6.07) is 11.3. The zero-order valence-electron chi connectivity index (χ0n) is 11.2. The summed E-state index contributed by atoms with van der Waals surface area (Å²) in [6.07, 6.45) is 1.42. The number of benzene rings is 2. The number of methoxy groups -OCH3 is 1. The van der Waals surface area contributed by atoms with Crippen molar-refractivity contribution in [1.82, 2.24) is 5.43 Å². The van der Waals surface area contributed by atoms with Crippen LogP contribution in [0.1, 0.15) is 15.9 Å². The van der Waals surface area contributed by atoms with Crippen molar-refractivity contribution in [2.75, 3.05) is 7.11 Å². The second-order valence-electron chi connectivity index (χ2n) is 4.11. The van der Waals surface area contributed by atoms with Crippen molar-refractivity contribution in [3.05, 3.63) is 58.6 Å². The average molecular weight is 305 g/mol. The van der Waals surface area contributed by atoms with Gasteiger partial charge < -0.3 is 9.84 Å². The van der Waals surface area contributed by atoms with E-state index >= 15 is 0 Å². The van der Waals surface area contributed by atoms with Gasteiger partial charge in [-0.25, -0.2) is 5.43 Å². The minimum Gasteiger partial charge on any atom is -0.508 e. The van der Waals surface area contributed by atoms with Crippen molar-refractivity contribution in [2.24, 2.45) is 5.10 Å². The molecule has 5 nitrogen and oxygen atoms in total. The number of phenolic OH excluding ortho intramolecular Hbond substituents is 1. The number of phenols is 1. The van der Waals surface area contributed by atoms with Gasteiger partial charge in [-0.3, -0.25) is 4.79 Å². The lowest BCUT2D eigenvalue weighted by Crippen LogP contribution is -2.18. The Kier molecular flexibility index (Phi) is 4.79. The molecule has 0 fully saturated rings. The van der Waals surface area contributed by atoms with Crippen LogP contribution in [-0.4, -0.2) is 24.3 Å². The number of hydrogen-bond donors (Lipinski definition) is 2. The van der Waals surface area contributed by atoms with Crippen LogP contribution in [-0.2, 0) is 0 Å². The lowest BCUT2D eigenvalue weighted by molar-refractivity contribution is 0.0955. The van der Waals surface area contributed by atoms with Gasteiger partial charge in [0.2, 0.25) is 0 Å². The molecule has 0 spiro atoms. The van der Waals surface area contributed by atoms with Gasteiger partial charge in [-0.2, -0.15) is 5.10 Å². The SMILES string of the molecule is COc1cc(O)ccc1/C=N\NC(=O)c1ccccc1Cl. The maximum Gasteiger partial charge on any atom is 0.272 e. The van der Waals surface area contributed by atoms with Gasteiger partial charge in [-0.1, -0.05) is 23.7 Å². The number of hydrogen-bond acceptors (Lipinski definition) is 4. The third-order valence-corrected chi connectivity index (χ3v) is 3.03. The fraction of sp³-hybridized carbons (Fsp3) is 0.0667. The first kappa shape index (κ1) is 14.9. The topological polar surface area (TPSA) is 70.9 Å². The van der Waals surface area contributed by atoms with Gasteiger partial charge in [0.15, 0.2) is 0 Å². The minimum absolute atomic E-state index is 0.0871. The van der Waals surface area contributed by atoms with Crippen molar-refractivity contribution in [3.8, 4) is 11.5 Å². The van der Waals surface area contributed by atoms with Gasteiger partial charge in [-0.05, 0) is 24.3 Å². The molecule has 0 atom stereocenters. The summed E-state index contributed by atoms with van der Waals surface area (Å²) >= 11 is 5.92. The van der Waals surface area contributed by atoms with Crippen LogP contribution in [0.4, 0.5) is 0 Å². The summed E-state index contributed by atoms with van der Waals surface area (Å²) in [5, 5.41) is 13.6. The van der Waals surface area contributed by atoms with Crippen LogP contribution in [0.5, 0.6) is 11.5 Å². The molecule has 0 bridgehead atoms. The van der Waals surface area contributed by atoms with Gasteiger partial charge in [0.1, 0.15) is 11.5 Å². The lowest BCUT2D eigenvalue weighted by atomic mass is 10.2. The Morgan fingerprint density at radius 2 is 2.10 bits per heavy atom. The van der Waals surface area contributed by atoms with Crippen LogP contribution >= 0.6 is 11.6 Å². The number of aromatic hydroxyl groups is 1. The van der Waals surface area contributed by atoms with Crippen molar-refractivity contribution in [3.63, 3.8) is 0 Å². The summed E-state index contributed by atoms with van der Waals surface area (Å²) in [5.74, 6) is 0.129. The fourth-order valence-electron chi connectivity index (χ4n) is 1.67. The summed E-state index contributed by atoms with van der Waals surface area (Å²) in [7, 11) is 1.48. The molecule has 0 aliphatic rings. The van der Waals surface area contributed by atoms with Crippen LogP contribution in [0.3, 0.4) is 0 Å². The molecular weight excluding hydrogens is 292 g/mol. The van der Waals surface area contributed by atoms with Gasteiger partial charge in [-0.15, -0.1) is 0 Å². The third kappa shape index (κ3) is 3.73. The zero-order chi connectivity index (χ0) is 15.2. The van der Waals surface area contributed by atoms with E-state index in [1.807, 2.05) is 0 Å². The molecule has 1 amide bonds. The van der Waals surface area contributed by atoms with E-state index in [4.69, 9.17) is 16.3 Å². The zero-order valence-corrected chi connectivity index (χ0v) is 12.0. The molecule has 0 saturated carbocycles. The number of hydrazone groups is 1. The molecule has 21 heavy (non-hydrogen) atoms. The molecule has 0 unspecified atom stereocenters. The van der Waals surface area contributed by atoms with E-state index < -0.39 is 5.91 Å². The molecule has 2 aromatic rings. The van der Waals surface area contributed by atoms with Crippen LogP contribution in [0.15, 0.2) is 47.6 Å². The Hall–Kier alpha value is -2.53. The molecule has 108 valence electrons. The lowest BCUT2D eigenvalue weighted by Gasteiger charge is -2.05. The van der Waals surface area contributed by atoms with Crippen LogP contribution in [0.25, 0.3) is 0 Å². The Balaban J connectivity index is 2.09. The van der Waals surface area contributed by atoms with Gasteiger partial charge in [0, 0.05) is 11.6 Å². The van der Waals surface area contributed by atoms with Crippen LogP contribution in [0.2, 0.25) is 5.02 Å². The molecule has 0 aromatic heterocycles. The first-order valence-corrected chi connectivity index (χ1v) is 6.44. The molecule has 0 aliphatic heterocycles. The quantitative estimate of drug-likeness (QED) is 0.674. The van der Waals surface area contributed by atoms with E-state index in [9.17, 15) is 9.90 Å². The summed E-state index contributed by atoms with van der Waals surface area (Å²) in [4.78, 5) is 11.9.